The molecule has 0 spiro atoms. The van der Waals surface area contributed by atoms with Crippen molar-refractivity contribution >= 4 is 49.9 Å². The predicted molar refractivity (Wildman–Crippen MR) is 85.6 cm³/mol. The minimum absolute atomic E-state index is 0.00632. The van der Waals surface area contributed by atoms with Crippen LogP contribution in [0.1, 0.15) is 10.4 Å². The Morgan fingerprint density at radius 2 is 2.04 bits per heavy atom. The average Bonchev–Trinajstić information content (AvgIpc) is 2.89. The van der Waals surface area contributed by atoms with Crippen LogP contribution in [0.2, 0.25) is 5.02 Å². The van der Waals surface area contributed by atoms with E-state index in [4.69, 9.17) is 11.6 Å². The summed E-state index contributed by atoms with van der Waals surface area (Å²) in [6.45, 7) is 0. The molecule has 0 aliphatic heterocycles. The van der Waals surface area contributed by atoms with E-state index in [9.17, 15) is 23.7 Å². The summed E-state index contributed by atoms with van der Waals surface area (Å²) in [4.78, 5) is 26.1. The Labute approximate surface area is 141 Å². The first kappa shape index (κ1) is 16.2. The molecular weight excluding hydrogens is 364 g/mol. The molecule has 0 saturated heterocycles. The SMILES string of the molecule is O=C(Nc1nc2c(F)cc(F)cc2s1)c1ccc([N+](=O)[O-])cc1Cl. The van der Waals surface area contributed by atoms with Gasteiger partial charge in [0.1, 0.15) is 11.3 Å². The van der Waals surface area contributed by atoms with E-state index in [0.717, 1.165) is 29.5 Å². The molecule has 0 aliphatic rings. The van der Waals surface area contributed by atoms with Gasteiger partial charge in [0.15, 0.2) is 10.9 Å². The fourth-order valence-corrected chi connectivity index (χ4v) is 3.14. The minimum atomic E-state index is -0.838. The van der Waals surface area contributed by atoms with Crippen molar-refractivity contribution in [2.75, 3.05) is 5.32 Å². The van der Waals surface area contributed by atoms with Crippen LogP contribution in [-0.2, 0) is 0 Å². The first-order valence-electron chi connectivity index (χ1n) is 6.36. The lowest BCUT2D eigenvalue weighted by atomic mass is 10.2. The highest BCUT2D eigenvalue weighted by molar-refractivity contribution is 7.22. The second-order valence-electron chi connectivity index (χ2n) is 4.63. The second-order valence-corrected chi connectivity index (χ2v) is 6.07. The molecular formula is C14H6ClF2N3O3S. The average molecular weight is 370 g/mol. The maximum atomic E-state index is 13.6. The lowest BCUT2D eigenvalue weighted by molar-refractivity contribution is -0.384. The number of hydrogen-bond donors (Lipinski definition) is 1. The number of nitrogens with zero attached hydrogens (tertiary/aromatic N) is 2. The van der Waals surface area contributed by atoms with Gasteiger partial charge in [-0.1, -0.05) is 22.9 Å². The minimum Gasteiger partial charge on any atom is -0.298 e. The molecule has 10 heteroatoms. The van der Waals surface area contributed by atoms with Gasteiger partial charge in [0.2, 0.25) is 0 Å². The van der Waals surface area contributed by atoms with Crippen molar-refractivity contribution < 1.29 is 18.5 Å². The van der Waals surface area contributed by atoms with Crippen LogP contribution in [0.4, 0.5) is 19.6 Å². The van der Waals surface area contributed by atoms with Crippen LogP contribution in [-0.4, -0.2) is 15.8 Å². The number of carbonyl (C=O) groups is 1. The number of nitro groups is 1. The van der Waals surface area contributed by atoms with E-state index in [-0.39, 0.29) is 31.6 Å². The van der Waals surface area contributed by atoms with Crippen molar-refractivity contribution in [3.05, 3.63) is 62.7 Å². The molecule has 0 aliphatic carbocycles. The quantitative estimate of drug-likeness (QED) is 0.548. The molecule has 24 heavy (non-hydrogen) atoms. The molecule has 0 atom stereocenters. The fourth-order valence-electron chi connectivity index (χ4n) is 1.98. The van der Waals surface area contributed by atoms with Crippen molar-refractivity contribution in [1.82, 2.24) is 4.98 Å². The molecule has 1 aromatic heterocycles. The number of thiazole rings is 1. The Morgan fingerprint density at radius 3 is 2.71 bits per heavy atom. The van der Waals surface area contributed by atoms with Gasteiger partial charge in [-0.3, -0.25) is 20.2 Å². The zero-order chi connectivity index (χ0) is 17.4. The zero-order valence-electron chi connectivity index (χ0n) is 11.5. The Morgan fingerprint density at radius 1 is 1.29 bits per heavy atom. The van der Waals surface area contributed by atoms with Crippen molar-refractivity contribution in [3.8, 4) is 0 Å². The molecule has 6 nitrogen and oxygen atoms in total. The molecule has 122 valence electrons. The highest BCUT2D eigenvalue weighted by Crippen LogP contribution is 2.30. The molecule has 1 amide bonds. The van der Waals surface area contributed by atoms with Gasteiger partial charge in [-0.05, 0) is 12.1 Å². The summed E-state index contributed by atoms with van der Waals surface area (Å²) < 4.78 is 27.0. The number of nitrogens with one attached hydrogen (secondary N) is 1. The third kappa shape index (κ3) is 3.03. The summed E-state index contributed by atoms with van der Waals surface area (Å²) in [7, 11) is 0. The van der Waals surface area contributed by atoms with Crippen LogP contribution >= 0.6 is 22.9 Å². The van der Waals surface area contributed by atoms with E-state index in [1.807, 2.05) is 0 Å². The van der Waals surface area contributed by atoms with Crippen LogP contribution in [0.3, 0.4) is 0 Å². The Kier molecular flexibility index (Phi) is 4.12. The van der Waals surface area contributed by atoms with Crippen LogP contribution in [0.25, 0.3) is 10.2 Å². The van der Waals surface area contributed by atoms with Crippen LogP contribution in [0, 0.1) is 21.7 Å². The van der Waals surface area contributed by atoms with E-state index in [1.165, 1.54) is 6.07 Å². The monoisotopic (exact) mass is 369 g/mol. The summed E-state index contributed by atoms with van der Waals surface area (Å²) in [5.74, 6) is -2.26. The summed E-state index contributed by atoms with van der Waals surface area (Å²) in [6, 6.07) is 5.17. The number of carbonyl (C=O) groups excluding carboxylic acids is 1. The van der Waals surface area contributed by atoms with E-state index in [0.29, 0.717) is 6.07 Å². The number of non-ortho nitro benzene ring substituents is 1. The summed E-state index contributed by atoms with van der Waals surface area (Å²) in [6.07, 6.45) is 0. The third-order valence-corrected chi connectivity index (χ3v) is 4.27. The fraction of sp³-hybridized carbons (Fsp3) is 0. The van der Waals surface area contributed by atoms with Gasteiger partial charge in [0.05, 0.1) is 20.2 Å². The Balaban J connectivity index is 1.90. The highest BCUT2D eigenvalue weighted by atomic mass is 35.5. The number of halogens is 3. The predicted octanol–water partition coefficient (Wildman–Crippen LogP) is 4.39. The normalized spacial score (nSPS) is 10.8. The number of nitro benzene ring substituents is 1. The van der Waals surface area contributed by atoms with Crippen molar-refractivity contribution in [3.63, 3.8) is 0 Å². The van der Waals surface area contributed by atoms with Gasteiger partial charge in [-0.25, -0.2) is 13.8 Å². The van der Waals surface area contributed by atoms with Crippen LogP contribution in [0.15, 0.2) is 30.3 Å². The Hall–Kier alpha value is -2.65. The molecule has 0 fully saturated rings. The molecule has 3 rings (SSSR count). The second kappa shape index (κ2) is 6.10. The molecule has 3 aromatic rings. The molecule has 1 heterocycles. The van der Waals surface area contributed by atoms with Gasteiger partial charge < -0.3 is 0 Å². The van der Waals surface area contributed by atoms with E-state index in [1.54, 1.807) is 0 Å². The van der Waals surface area contributed by atoms with Gasteiger partial charge in [0.25, 0.3) is 11.6 Å². The lowest BCUT2D eigenvalue weighted by Gasteiger charge is -2.03. The van der Waals surface area contributed by atoms with Crippen molar-refractivity contribution in [1.29, 1.82) is 0 Å². The van der Waals surface area contributed by atoms with E-state index in [2.05, 4.69) is 10.3 Å². The first-order valence-corrected chi connectivity index (χ1v) is 7.55. The number of fused-ring (bicyclic) bond motifs is 1. The van der Waals surface area contributed by atoms with Gasteiger partial charge in [-0.15, -0.1) is 0 Å². The Bertz CT molecular complexity index is 993. The topological polar surface area (TPSA) is 85.1 Å². The number of anilines is 1. The molecule has 0 bridgehead atoms. The smallest absolute Gasteiger partial charge is 0.270 e. The summed E-state index contributed by atoms with van der Waals surface area (Å²) >= 11 is 6.76. The van der Waals surface area contributed by atoms with E-state index < -0.39 is 22.5 Å². The molecule has 1 N–H and O–H groups in total. The molecule has 0 saturated carbocycles. The zero-order valence-corrected chi connectivity index (χ0v) is 13.1. The van der Waals surface area contributed by atoms with Crippen LogP contribution < -0.4 is 5.32 Å². The summed E-state index contributed by atoms with van der Waals surface area (Å²) in [5, 5.41) is 13.0. The number of hydrogen-bond acceptors (Lipinski definition) is 5. The number of amides is 1. The van der Waals surface area contributed by atoms with Gasteiger partial charge in [0, 0.05) is 18.2 Å². The van der Waals surface area contributed by atoms with E-state index >= 15 is 0 Å². The maximum Gasteiger partial charge on any atom is 0.270 e. The first-order chi connectivity index (χ1) is 11.3. The third-order valence-electron chi connectivity index (χ3n) is 3.04. The standard InChI is InChI=1S/C14H6ClF2N3O3S/c15-9-5-7(20(22)23)1-2-8(9)13(21)19-14-18-12-10(17)3-6(16)4-11(12)24-14/h1-5H,(H,18,19,21). The van der Waals surface area contributed by atoms with Crippen LogP contribution in [0.5, 0.6) is 0 Å². The highest BCUT2D eigenvalue weighted by Gasteiger charge is 2.17. The van der Waals surface area contributed by atoms with Crippen molar-refractivity contribution in [2.45, 2.75) is 0 Å². The maximum absolute atomic E-state index is 13.6. The largest absolute Gasteiger partial charge is 0.298 e. The lowest BCUT2D eigenvalue weighted by Crippen LogP contribution is -2.12. The molecule has 0 radical (unpaired) electrons. The molecule has 2 aromatic carbocycles. The number of rotatable bonds is 3. The number of benzene rings is 2. The molecule has 0 unspecified atom stereocenters. The number of aromatic nitrogens is 1. The summed E-state index contributed by atoms with van der Waals surface area (Å²) in [5.41, 5.74) is -0.325. The van der Waals surface area contributed by atoms with Gasteiger partial charge in [-0.2, -0.15) is 0 Å². The van der Waals surface area contributed by atoms with Crippen molar-refractivity contribution in [2.24, 2.45) is 0 Å². The van der Waals surface area contributed by atoms with Gasteiger partial charge >= 0.3 is 0 Å².